The molecule has 2 rings (SSSR count). The topological polar surface area (TPSA) is 259 Å². The standard InChI is InChI=1S/C19H36O15/c1-2-6(23)10(25)16(7(24)3-20)33-19-15(30)13(28)17(9(5-22)32-19)34-18-14(29)12(27)11(26)8(4-21)31-18/h6-30H,2-5H2,1H3/t6?,7?,8?,9?,10-,11-,12+,13-,14?,15?,16-,17-,18+,19+/m1/s1. The van der Waals surface area contributed by atoms with Crippen LogP contribution in [-0.4, -0.2) is 162 Å². The summed E-state index contributed by atoms with van der Waals surface area (Å²) in [6.07, 6.45) is -23.2. The predicted molar refractivity (Wildman–Crippen MR) is 107 cm³/mol. The number of hydrogen-bond acceptors (Lipinski definition) is 15. The minimum absolute atomic E-state index is 0.0597. The summed E-state index contributed by atoms with van der Waals surface area (Å²) in [4.78, 5) is 0. The molecule has 2 saturated heterocycles. The number of aliphatic hydroxyl groups is 11. The van der Waals surface area contributed by atoms with Crippen molar-refractivity contribution in [3.8, 4) is 0 Å². The molecule has 0 saturated carbocycles. The smallest absolute Gasteiger partial charge is 0.187 e. The van der Waals surface area contributed by atoms with Gasteiger partial charge in [0.15, 0.2) is 12.6 Å². The molecule has 0 amide bonds. The Morgan fingerprint density at radius 1 is 0.706 bits per heavy atom. The molecular formula is C19H36O15. The lowest BCUT2D eigenvalue weighted by molar-refractivity contribution is -0.367. The Balaban J connectivity index is 2.17. The highest BCUT2D eigenvalue weighted by Gasteiger charge is 2.51. The first kappa shape index (κ1) is 29.6. The first-order chi connectivity index (χ1) is 16.0. The Bertz CT molecular complexity index is 594. The summed E-state index contributed by atoms with van der Waals surface area (Å²) in [7, 11) is 0. The summed E-state index contributed by atoms with van der Waals surface area (Å²) < 4.78 is 21.4. The van der Waals surface area contributed by atoms with Crippen LogP contribution in [0.5, 0.6) is 0 Å². The van der Waals surface area contributed by atoms with Gasteiger partial charge in [-0.05, 0) is 6.42 Å². The van der Waals surface area contributed by atoms with Gasteiger partial charge in [0.25, 0.3) is 0 Å². The van der Waals surface area contributed by atoms with E-state index in [1.165, 1.54) is 6.92 Å². The molecule has 14 atom stereocenters. The van der Waals surface area contributed by atoms with Gasteiger partial charge in [-0.25, -0.2) is 0 Å². The molecule has 2 aliphatic heterocycles. The molecule has 202 valence electrons. The highest BCUT2D eigenvalue weighted by atomic mass is 16.7. The van der Waals surface area contributed by atoms with Crippen LogP contribution in [0.15, 0.2) is 0 Å². The summed E-state index contributed by atoms with van der Waals surface area (Å²) in [5, 5.41) is 109. The van der Waals surface area contributed by atoms with E-state index in [2.05, 4.69) is 0 Å². The molecule has 0 aromatic rings. The average Bonchev–Trinajstić information content (AvgIpc) is 2.84. The molecule has 0 aromatic heterocycles. The fraction of sp³-hybridized carbons (Fsp3) is 1.00. The van der Waals surface area contributed by atoms with Gasteiger partial charge in [-0.3, -0.25) is 0 Å². The minimum atomic E-state index is -1.92. The SMILES string of the molecule is CCC(O)[C@@H](O)[C@H](O[C@@H]1OC(CO)[C@@H](O[C@@H]2OC(CO)[C@@H](O)[C@H](O)C2O)[C@H](O)C1O)C(O)CO. The molecular weight excluding hydrogens is 468 g/mol. The Kier molecular flexibility index (Phi) is 11.4. The van der Waals surface area contributed by atoms with E-state index < -0.39 is 106 Å². The Morgan fingerprint density at radius 2 is 1.26 bits per heavy atom. The Labute approximate surface area is 194 Å². The van der Waals surface area contributed by atoms with Crippen LogP contribution in [0.3, 0.4) is 0 Å². The molecule has 0 aliphatic carbocycles. The average molecular weight is 504 g/mol. The zero-order valence-electron chi connectivity index (χ0n) is 18.5. The predicted octanol–water partition coefficient (Wildman–Crippen LogP) is -6.52. The normalized spacial score (nSPS) is 42.7. The maximum atomic E-state index is 10.6. The molecule has 11 N–H and O–H groups in total. The zero-order chi connectivity index (χ0) is 25.7. The van der Waals surface area contributed by atoms with E-state index >= 15 is 0 Å². The van der Waals surface area contributed by atoms with Crippen LogP contribution < -0.4 is 0 Å². The zero-order valence-corrected chi connectivity index (χ0v) is 18.5. The van der Waals surface area contributed by atoms with E-state index in [9.17, 15) is 56.2 Å². The van der Waals surface area contributed by atoms with Crippen LogP contribution in [0.25, 0.3) is 0 Å². The van der Waals surface area contributed by atoms with Crippen molar-refractivity contribution in [2.24, 2.45) is 0 Å². The third-order valence-electron chi connectivity index (χ3n) is 5.97. The molecule has 2 fully saturated rings. The van der Waals surface area contributed by atoms with E-state index in [0.29, 0.717) is 0 Å². The van der Waals surface area contributed by atoms with Gasteiger partial charge in [0.1, 0.15) is 67.1 Å². The van der Waals surface area contributed by atoms with E-state index in [1.807, 2.05) is 0 Å². The van der Waals surface area contributed by atoms with Crippen LogP contribution in [0.2, 0.25) is 0 Å². The summed E-state index contributed by atoms with van der Waals surface area (Å²) in [5.74, 6) is 0. The van der Waals surface area contributed by atoms with E-state index in [0.717, 1.165) is 0 Å². The van der Waals surface area contributed by atoms with Gasteiger partial charge in [0.05, 0.1) is 25.9 Å². The number of aliphatic hydroxyl groups excluding tert-OH is 11. The van der Waals surface area contributed by atoms with Crippen molar-refractivity contribution in [2.45, 2.75) is 99.2 Å². The molecule has 34 heavy (non-hydrogen) atoms. The minimum Gasteiger partial charge on any atom is -0.394 e. The van der Waals surface area contributed by atoms with Crippen molar-refractivity contribution in [1.82, 2.24) is 0 Å². The van der Waals surface area contributed by atoms with Gasteiger partial charge < -0.3 is 75.1 Å². The van der Waals surface area contributed by atoms with Crippen molar-refractivity contribution in [3.05, 3.63) is 0 Å². The lowest BCUT2D eigenvalue weighted by Crippen LogP contribution is -2.65. The molecule has 15 nitrogen and oxygen atoms in total. The second kappa shape index (κ2) is 13.1. The number of hydrogen-bond donors (Lipinski definition) is 11. The van der Waals surface area contributed by atoms with E-state index in [1.54, 1.807) is 0 Å². The summed E-state index contributed by atoms with van der Waals surface area (Å²) in [6.45, 7) is -0.902. The van der Waals surface area contributed by atoms with Crippen LogP contribution >= 0.6 is 0 Å². The third-order valence-corrected chi connectivity index (χ3v) is 5.97. The monoisotopic (exact) mass is 504 g/mol. The maximum absolute atomic E-state index is 10.6. The fourth-order valence-electron chi connectivity index (χ4n) is 3.79. The van der Waals surface area contributed by atoms with Gasteiger partial charge >= 0.3 is 0 Å². The van der Waals surface area contributed by atoms with E-state index in [4.69, 9.17) is 18.9 Å². The Hall–Kier alpha value is -0.600. The lowest BCUT2D eigenvalue weighted by atomic mass is 9.96. The molecule has 6 unspecified atom stereocenters. The second-order valence-electron chi connectivity index (χ2n) is 8.32. The van der Waals surface area contributed by atoms with Crippen molar-refractivity contribution in [1.29, 1.82) is 0 Å². The summed E-state index contributed by atoms with van der Waals surface area (Å²) in [6, 6.07) is 0. The van der Waals surface area contributed by atoms with Gasteiger partial charge in [-0.1, -0.05) is 6.92 Å². The van der Waals surface area contributed by atoms with Crippen molar-refractivity contribution >= 4 is 0 Å². The van der Waals surface area contributed by atoms with Crippen molar-refractivity contribution in [3.63, 3.8) is 0 Å². The summed E-state index contributed by atoms with van der Waals surface area (Å²) in [5.41, 5.74) is 0. The van der Waals surface area contributed by atoms with Crippen LogP contribution in [0.1, 0.15) is 13.3 Å². The molecule has 0 spiro atoms. The number of rotatable bonds is 11. The van der Waals surface area contributed by atoms with Crippen LogP contribution in [0, 0.1) is 0 Å². The van der Waals surface area contributed by atoms with Crippen LogP contribution in [0.4, 0.5) is 0 Å². The quantitative estimate of drug-likeness (QED) is 0.125. The molecule has 0 bridgehead atoms. The first-order valence-electron chi connectivity index (χ1n) is 10.9. The Morgan fingerprint density at radius 3 is 1.79 bits per heavy atom. The van der Waals surface area contributed by atoms with Gasteiger partial charge in [-0.15, -0.1) is 0 Å². The second-order valence-corrected chi connectivity index (χ2v) is 8.32. The third kappa shape index (κ3) is 6.39. The highest BCUT2D eigenvalue weighted by Crippen LogP contribution is 2.30. The highest BCUT2D eigenvalue weighted by molar-refractivity contribution is 4.95. The van der Waals surface area contributed by atoms with Crippen molar-refractivity contribution in [2.75, 3.05) is 19.8 Å². The molecule has 0 radical (unpaired) electrons. The largest absolute Gasteiger partial charge is 0.394 e. The van der Waals surface area contributed by atoms with E-state index in [-0.39, 0.29) is 6.42 Å². The van der Waals surface area contributed by atoms with Gasteiger partial charge in [-0.2, -0.15) is 0 Å². The summed E-state index contributed by atoms with van der Waals surface area (Å²) >= 11 is 0. The first-order valence-corrected chi connectivity index (χ1v) is 10.9. The molecule has 2 heterocycles. The lowest BCUT2D eigenvalue weighted by Gasteiger charge is -2.46. The molecule has 15 heteroatoms. The van der Waals surface area contributed by atoms with Gasteiger partial charge in [0, 0.05) is 0 Å². The van der Waals surface area contributed by atoms with Crippen LogP contribution in [-0.2, 0) is 18.9 Å². The van der Waals surface area contributed by atoms with Gasteiger partial charge in [0.2, 0.25) is 0 Å². The maximum Gasteiger partial charge on any atom is 0.187 e. The fourth-order valence-corrected chi connectivity index (χ4v) is 3.79. The molecule has 2 aliphatic rings. The van der Waals surface area contributed by atoms with Crippen molar-refractivity contribution < 1.29 is 75.1 Å². The molecule has 0 aromatic carbocycles. The number of ether oxygens (including phenoxy) is 4.